The number of carbonyl (C=O) groups is 1. The first kappa shape index (κ1) is 8.70. The molecule has 1 aromatic rings. The third-order valence-electron chi connectivity index (χ3n) is 1.46. The molecule has 0 aliphatic rings. The quantitative estimate of drug-likeness (QED) is 0.730. The molecule has 0 saturated heterocycles. The summed E-state index contributed by atoms with van der Waals surface area (Å²) in [6.45, 7) is 3.42. The number of carboxylic acid groups (broad SMARTS) is 1. The van der Waals surface area contributed by atoms with Gasteiger partial charge in [0.15, 0.2) is 5.82 Å². The molecule has 1 rings (SSSR count). The van der Waals surface area contributed by atoms with E-state index < -0.39 is 5.97 Å². The van der Waals surface area contributed by atoms with Gasteiger partial charge in [0.1, 0.15) is 0 Å². The predicted octanol–water partition coefficient (Wildman–Crippen LogP) is 0.956. The maximum Gasteiger partial charge on any atom is 0.304 e. The standard InChI is InChI=1S/C7H10N2O3/c1-4(3-6(10)11)7-8-5(2)12-9-7/h4H,3H2,1-2H3,(H,10,11). The van der Waals surface area contributed by atoms with Gasteiger partial charge in [-0.1, -0.05) is 12.1 Å². The monoisotopic (exact) mass is 170 g/mol. The highest BCUT2D eigenvalue weighted by Gasteiger charge is 2.15. The third-order valence-corrected chi connectivity index (χ3v) is 1.46. The summed E-state index contributed by atoms with van der Waals surface area (Å²) in [7, 11) is 0. The summed E-state index contributed by atoms with van der Waals surface area (Å²) >= 11 is 0. The van der Waals surface area contributed by atoms with Crippen molar-refractivity contribution in [2.75, 3.05) is 0 Å². The molecule has 1 N–H and O–H groups in total. The van der Waals surface area contributed by atoms with Crippen molar-refractivity contribution >= 4 is 5.97 Å². The Kier molecular flexibility index (Phi) is 2.42. The summed E-state index contributed by atoms with van der Waals surface area (Å²) < 4.78 is 4.71. The van der Waals surface area contributed by atoms with Crippen LogP contribution in [0.2, 0.25) is 0 Å². The molecule has 5 heteroatoms. The minimum absolute atomic E-state index is 0.0268. The fraction of sp³-hybridized carbons (Fsp3) is 0.571. The summed E-state index contributed by atoms with van der Waals surface area (Å²) in [4.78, 5) is 14.2. The fourth-order valence-electron chi connectivity index (χ4n) is 0.868. The third kappa shape index (κ3) is 2.05. The van der Waals surface area contributed by atoms with Gasteiger partial charge in [0, 0.05) is 12.8 Å². The van der Waals surface area contributed by atoms with E-state index in [0.29, 0.717) is 11.7 Å². The molecule has 1 aromatic heterocycles. The van der Waals surface area contributed by atoms with Crippen LogP contribution in [0.25, 0.3) is 0 Å². The number of hydrogen-bond donors (Lipinski definition) is 1. The van der Waals surface area contributed by atoms with Gasteiger partial charge in [-0.05, 0) is 0 Å². The number of rotatable bonds is 3. The van der Waals surface area contributed by atoms with Crippen LogP contribution in [0.4, 0.5) is 0 Å². The van der Waals surface area contributed by atoms with Crippen molar-refractivity contribution in [3.8, 4) is 0 Å². The van der Waals surface area contributed by atoms with E-state index in [4.69, 9.17) is 9.63 Å². The Hall–Kier alpha value is -1.39. The van der Waals surface area contributed by atoms with Crippen LogP contribution in [0.15, 0.2) is 4.52 Å². The van der Waals surface area contributed by atoms with Gasteiger partial charge < -0.3 is 9.63 Å². The van der Waals surface area contributed by atoms with Gasteiger partial charge >= 0.3 is 5.97 Å². The van der Waals surface area contributed by atoms with Gasteiger partial charge in [0.25, 0.3) is 0 Å². The first-order chi connectivity index (χ1) is 5.59. The van der Waals surface area contributed by atoms with Crippen molar-refractivity contribution in [1.29, 1.82) is 0 Å². The van der Waals surface area contributed by atoms with E-state index in [1.807, 2.05) is 0 Å². The van der Waals surface area contributed by atoms with Crippen LogP contribution in [0.5, 0.6) is 0 Å². The number of aliphatic carboxylic acids is 1. The molecule has 5 nitrogen and oxygen atoms in total. The highest BCUT2D eigenvalue weighted by Crippen LogP contribution is 2.14. The van der Waals surface area contributed by atoms with Gasteiger partial charge in [0.05, 0.1) is 6.42 Å². The van der Waals surface area contributed by atoms with Gasteiger partial charge in [-0.15, -0.1) is 0 Å². The summed E-state index contributed by atoms with van der Waals surface area (Å²) in [6, 6.07) is 0. The Bertz CT molecular complexity index is 282. The minimum Gasteiger partial charge on any atom is -0.481 e. The Balaban J connectivity index is 2.64. The molecule has 0 aromatic carbocycles. The predicted molar refractivity (Wildman–Crippen MR) is 39.7 cm³/mol. The first-order valence-electron chi connectivity index (χ1n) is 3.61. The molecule has 0 fully saturated rings. The summed E-state index contributed by atoms with van der Waals surface area (Å²) in [6.07, 6.45) is 0.0268. The van der Waals surface area contributed by atoms with E-state index in [1.54, 1.807) is 13.8 Å². The fourth-order valence-corrected chi connectivity index (χ4v) is 0.868. The molecule has 0 amide bonds. The van der Waals surface area contributed by atoms with Gasteiger partial charge in [-0.3, -0.25) is 4.79 Å². The molecule has 1 unspecified atom stereocenters. The highest BCUT2D eigenvalue weighted by molar-refractivity contribution is 5.67. The second-order valence-corrected chi connectivity index (χ2v) is 2.67. The van der Waals surface area contributed by atoms with E-state index in [2.05, 4.69) is 10.1 Å². The molecule has 12 heavy (non-hydrogen) atoms. The van der Waals surface area contributed by atoms with Crippen molar-refractivity contribution < 1.29 is 14.4 Å². The largest absolute Gasteiger partial charge is 0.481 e. The van der Waals surface area contributed by atoms with Gasteiger partial charge in [-0.2, -0.15) is 4.98 Å². The van der Waals surface area contributed by atoms with E-state index in [0.717, 1.165) is 0 Å². The first-order valence-corrected chi connectivity index (χ1v) is 3.61. The molecule has 0 bridgehead atoms. The average molecular weight is 170 g/mol. The molecule has 66 valence electrons. The van der Waals surface area contributed by atoms with Crippen molar-refractivity contribution in [3.63, 3.8) is 0 Å². The Labute approximate surface area is 69.4 Å². The van der Waals surface area contributed by atoms with E-state index in [-0.39, 0.29) is 12.3 Å². The molecular formula is C7H10N2O3. The van der Waals surface area contributed by atoms with Crippen molar-refractivity contribution in [3.05, 3.63) is 11.7 Å². The number of aromatic nitrogens is 2. The van der Waals surface area contributed by atoms with Crippen LogP contribution in [0, 0.1) is 6.92 Å². The Morgan fingerprint density at radius 2 is 2.42 bits per heavy atom. The zero-order valence-corrected chi connectivity index (χ0v) is 6.94. The van der Waals surface area contributed by atoms with Crippen LogP contribution >= 0.6 is 0 Å². The molecule has 0 saturated carbocycles. The van der Waals surface area contributed by atoms with Crippen LogP contribution in [-0.2, 0) is 4.79 Å². The van der Waals surface area contributed by atoms with Gasteiger partial charge in [0.2, 0.25) is 5.89 Å². The lowest BCUT2D eigenvalue weighted by atomic mass is 10.1. The van der Waals surface area contributed by atoms with Crippen molar-refractivity contribution in [1.82, 2.24) is 10.1 Å². The average Bonchev–Trinajstić information content (AvgIpc) is 2.34. The summed E-state index contributed by atoms with van der Waals surface area (Å²) in [5, 5.41) is 12.1. The zero-order valence-electron chi connectivity index (χ0n) is 6.94. The topological polar surface area (TPSA) is 76.2 Å². The second-order valence-electron chi connectivity index (χ2n) is 2.67. The zero-order chi connectivity index (χ0) is 9.14. The lowest BCUT2D eigenvalue weighted by Crippen LogP contribution is -2.04. The lowest BCUT2D eigenvalue weighted by molar-refractivity contribution is -0.137. The number of nitrogens with zero attached hydrogens (tertiary/aromatic N) is 2. The minimum atomic E-state index is -0.857. The van der Waals surface area contributed by atoms with E-state index >= 15 is 0 Å². The second kappa shape index (κ2) is 3.34. The lowest BCUT2D eigenvalue weighted by Gasteiger charge is -1.99. The molecule has 0 aliphatic carbocycles. The summed E-state index contributed by atoms with van der Waals surface area (Å²) in [5.74, 6) is -0.137. The highest BCUT2D eigenvalue weighted by atomic mass is 16.5. The van der Waals surface area contributed by atoms with Gasteiger partial charge in [-0.25, -0.2) is 0 Å². The van der Waals surface area contributed by atoms with Crippen LogP contribution in [0.3, 0.4) is 0 Å². The van der Waals surface area contributed by atoms with Crippen LogP contribution in [0.1, 0.15) is 31.0 Å². The Morgan fingerprint density at radius 3 is 2.83 bits per heavy atom. The molecule has 0 aliphatic heterocycles. The maximum atomic E-state index is 10.3. The molecule has 0 radical (unpaired) electrons. The number of hydrogen-bond acceptors (Lipinski definition) is 4. The smallest absolute Gasteiger partial charge is 0.304 e. The number of carboxylic acids is 1. The molecular weight excluding hydrogens is 160 g/mol. The van der Waals surface area contributed by atoms with E-state index in [1.165, 1.54) is 0 Å². The summed E-state index contributed by atoms with van der Waals surface area (Å²) in [5.41, 5.74) is 0. The number of aryl methyl sites for hydroxylation is 1. The van der Waals surface area contributed by atoms with Crippen LogP contribution < -0.4 is 0 Å². The van der Waals surface area contributed by atoms with Crippen molar-refractivity contribution in [2.45, 2.75) is 26.2 Å². The molecule has 0 spiro atoms. The maximum absolute atomic E-state index is 10.3. The molecule has 1 heterocycles. The van der Waals surface area contributed by atoms with E-state index in [9.17, 15) is 4.79 Å². The SMILES string of the molecule is Cc1nc(C(C)CC(=O)O)no1. The normalized spacial score (nSPS) is 12.8. The molecule has 1 atom stereocenters. The Morgan fingerprint density at radius 1 is 1.75 bits per heavy atom. The van der Waals surface area contributed by atoms with Crippen molar-refractivity contribution in [2.24, 2.45) is 0 Å². The van der Waals surface area contributed by atoms with Crippen LogP contribution in [-0.4, -0.2) is 21.2 Å².